The Kier molecular flexibility index (Phi) is 1.65. The average Bonchev–Trinajstić information content (AvgIpc) is 2.28. The maximum atomic E-state index is 5.86. The number of nitrogen functional groups attached to an aromatic ring is 1. The Labute approximate surface area is 75.6 Å². The second-order valence-corrected chi connectivity index (χ2v) is 4.08. The van der Waals surface area contributed by atoms with Crippen LogP contribution in [0.4, 0.5) is 5.69 Å². The molecule has 2 rings (SSSR count). The van der Waals surface area contributed by atoms with Gasteiger partial charge >= 0.3 is 75.1 Å². The van der Waals surface area contributed by atoms with E-state index < -0.39 is 0 Å². The maximum absolute atomic E-state index is 5.86. The third kappa shape index (κ3) is 1.03. The molecule has 0 aromatic carbocycles. The van der Waals surface area contributed by atoms with Crippen molar-refractivity contribution in [2.75, 3.05) is 5.73 Å². The van der Waals surface area contributed by atoms with Crippen LogP contribution in [-0.4, -0.2) is 11.9 Å². The molecule has 0 saturated heterocycles. The number of anilines is 1. The van der Waals surface area contributed by atoms with Gasteiger partial charge in [0.25, 0.3) is 0 Å². The first-order valence-corrected chi connectivity index (χ1v) is 4.62. The minimum absolute atomic E-state index is 0.877. The first-order chi connectivity index (χ1) is 5.68. The van der Waals surface area contributed by atoms with Gasteiger partial charge in [0.15, 0.2) is 0 Å². The van der Waals surface area contributed by atoms with Crippen LogP contribution < -0.4 is 5.73 Å². The summed E-state index contributed by atoms with van der Waals surface area (Å²) >= 11 is 1.66. The number of thiophene rings is 1. The number of nitrogens with two attached hydrogens (primary N) is 1. The van der Waals surface area contributed by atoms with Gasteiger partial charge < -0.3 is 0 Å². The molecule has 0 radical (unpaired) electrons. The molecule has 0 amide bonds. The van der Waals surface area contributed by atoms with Gasteiger partial charge in [0, 0.05) is 0 Å². The van der Waals surface area contributed by atoms with Gasteiger partial charge in [-0.15, -0.1) is 0 Å². The third-order valence-electron chi connectivity index (χ3n) is 1.92. The van der Waals surface area contributed by atoms with Gasteiger partial charge in [-0.3, -0.25) is 0 Å². The van der Waals surface area contributed by atoms with Gasteiger partial charge in [-0.05, 0) is 0 Å². The van der Waals surface area contributed by atoms with Crippen molar-refractivity contribution in [2.45, 2.75) is 13.8 Å². The van der Waals surface area contributed by atoms with E-state index in [-0.39, 0.29) is 0 Å². The van der Waals surface area contributed by atoms with Gasteiger partial charge in [0.1, 0.15) is 0 Å². The minimum atomic E-state index is 0.877. The molecule has 0 fully saturated rings. The standard InChI is InChI=1S/C8H9BN2S/c1-4-7(10)6-3-9-5(2)11-8(6)12-4/h3H,10H2,1-2H3. The van der Waals surface area contributed by atoms with Crippen LogP contribution >= 0.6 is 11.3 Å². The molecule has 12 heavy (non-hydrogen) atoms. The summed E-state index contributed by atoms with van der Waals surface area (Å²) in [5, 5.41) is 1.09. The van der Waals surface area contributed by atoms with Crippen molar-refractivity contribution in [2.24, 2.45) is 0 Å². The Morgan fingerprint density at radius 3 is 3.00 bits per heavy atom. The van der Waals surface area contributed by atoms with E-state index in [2.05, 4.69) is 4.98 Å². The van der Waals surface area contributed by atoms with Gasteiger partial charge in [0.2, 0.25) is 0 Å². The Balaban J connectivity index is 2.87. The first-order valence-electron chi connectivity index (χ1n) is 3.80. The normalized spacial score (nSPS) is 10.5. The second kappa shape index (κ2) is 2.56. The molecule has 2 heterocycles. The Morgan fingerprint density at radius 2 is 2.25 bits per heavy atom. The molecule has 60 valence electrons. The fourth-order valence-corrected chi connectivity index (χ4v) is 2.19. The second-order valence-electron chi connectivity index (χ2n) is 2.88. The number of aromatic nitrogens is 1. The monoisotopic (exact) mass is 176 g/mol. The Bertz CT molecular complexity index is 436. The van der Waals surface area contributed by atoms with Gasteiger partial charge in [-0.25, -0.2) is 0 Å². The molecule has 0 bridgehead atoms. The summed E-state index contributed by atoms with van der Waals surface area (Å²) < 4.78 is 0. The van der Waals surface area contributed by atoms with Gasteiger partial charge in [-0.2, -0.15) is 0 Å². The first kappa shape index (κ1) is 7.74. The summed E-state index contributed by atoms with van der Waals surface area (Å²) in [5.74, 6) is 2.04. The molecule has 0 aliphatic rings. The number of nitrogens with zero attached hydrogens (tertiary/aromatic N) is 1. The Hall–Kier alpha value is -0.895. The van der Waals surface area contributed by atoms with E-state index in [4.69, 9.17) is 5.73 Å². The molecular formula is C8H9BN2S. The molecule has 0 aliphatic heterocycles. The van der Waals surface area contributed by atoms with Crippen molar-refractivity contribution in [3.8, 4) is 0 Å². The average molecular weight is 176 g/mol. The van der Waals surface area contributed by atoms with Crippen LogP contribution in [0, 0.1) is 13.8 Å². The molecule has 2 aromatic heterocycles. The summed E-state index contributed by atoms with van der Waals surface area (Å²) in [5.41, 5.74) is 7.78. The molecule has 4 heteroatoms. The fourth-order valence-electron chi connectivity index (χ4n) is 1.21. The number of hydrogen-bond acceptors (Lipinski definition) is 3. The zero-order valence-corrected chi connectivity index (χ0v) is 7.90. The van der Waals surface area contributed by atoms with Crippen molar-refractivity contribution >= 4 is 34.2 Å². The van der Waals surface area contributed by atoms with Crippen molar-refractivity contribution in [1.82, 2.24) is 4.98 Å². The summed E-state index contributed by atoms with van der Waals surface area (Å²) in [6.07, 6.45) is 0. The molecule has 0 atom stereocenters. The molecule has 0 unspecified atom stereocenters. The van der Waals surface area contributed by atoms with E-state index >= 15 is 0 Å². The SMILES string of the molecule is Cc1bcc2c(N)c(C)sc2n1. The number of hydrogen-bond donors (Lipinski definition) is 1. The van der Waals surface area contributed by atoms with Crippen LogP contribution in [0.2, 0.25) is 0 Å². The van der Waals surface area contributed by atoms with Crippen LogP contribution in [0.25, 0.3) is 10.2 Å². The van der Waals surface area contributed by atoms with E-state index in [1.807, 2.05) is 26.7 Å². The molecule has 2 aromatic rings. The summed E-state index contributed by atoms with van der Waals surface area (Å²) in [7, 11) is 0. The predicted molar refractivity (Wildman–Crippen MR) is 54.9 cm³/mol. The fraction of sp³-hybridized carbons (Fsp3) is 0.250. The van der Waals surface area contributed by atoms with E-state index in [1.165, 1.54) is 0 Å². The topological polar surface area (TPSA) is 38.9 Å². The van der Waals surface area contributed by atoms with Crippen LogP contribution in [0.1, 0.15) is 10.5 Å². The summed E-state index contributed by atoms with van der Waals surface area (Å²) in [6.45, 7) is 6.01. The van der Waals surface area contributed by atoms with Crippen LogP contribution in [0.5, 0.6) is 0 Å². The van der Waals surface area contributed by atoms with Crippen molar-refractivity contribution in [3.05, 3.63) is 16.4 Å². The molecule has 2 N–H and O–H groups in total. The van der Waals surface area contributed by atoms with E-state index in [0.29, 0.717) is 0 Å². The molecule has 0 spiro atoms. The van der Waals surface area contributed by atoms with Crippen LogP contribution in [0.3, 0.4) is 0 Å². The molecule has 0 aliphatic carbocycles. The van der Waals surface area contributed by atoms with Crippen molar-refractivity contribution in [3.63, 3.8) is 0 Å². The molecule has 0 saturated carbocycles. The zero-order valence-electron chi connectivity index (χ0n) is 7.09. The number of fused-ring (bicyclic) bond motifs is 1. The van der Waals surface area contributed by atoms with Crippen LogP contribution in [-0.2, 0) is 0 Å². The van der Waals surface area contributed by atoms with E-state index in [9.17, 15) is 0 Å². The van der Waals surface area contributed by atoms with Crippen molar-refractivity contribution in [1.29, 1.82) is 0 Å². The predicted octanol–water partition coefficient (Wildman–Crippen LogP) is 1.83. The van der Waals surface area contributed by atoms with Crippen LogP contribution in [0.15, 0.2) is 5.96 Å². The van der Waals surface area contributed by atoms with E-state index in [0.717, 1.165) is 26.4 Å². The third-order valence-corrected chi connectivity index (χ3v) is 2.95. The summed E-state index contributed by atoms with van der Waals surface area (Å²) in [6, 6.07) is 0. The number of aryl methyl sites for hydroxylation is 2. The number of rotatable bonds is 0. The quantitative estimate of drug-likeness (QED) is 0.664. The molecular weight excluding hydrogens is 167 g/mol. The summed E-state index contributed by atoms with van der Waals surface area (Å²) in [4.78, 5) is 6.60. The molecule has 2 nitrogen and oxygen atoms in total. The van der Waals surface area contributed by atoms with E-state index in [1.54, 1.807) is 11.3 Å². The Morgan fingerprint density at radius 1 is 1.50 bits per heavy atom. The van der Waals surface area contributed by atoms with Gasteiger partial charge in [-0.1, -0.05) is 0 Å². The van der Waals surface area contributed by atoms with Crippen molar-refractivity contribution < 1.29 is 0 Å². The van der Waals surface area contributed by atoms with Gasteiger partial charge in [0.05, 0.1) is 0 Å². The zero-order chi connectivity index (χ0) is 8.72.